The van der Waals surface area contributed by atoms with Crippen molar-refractivity contribution in [2.45, 2.75) is 24.4 Å². The first kappa shape index (κ1) is 24.5. The maximum atomic E-state index is 11.5. The van der Waals surface area contributed by atoms with Crippen molar-refractivity contribution < 1.29 is 4.74 Å². The van der Waals surface area contributed by atoms with Gasteiger partial charge in [0, 0.05) is 32.5 Å². The largest absolute Gasteiger partial charge is 0.376 e. The van der Waals surface area contributed by atoms with E-state index in [2.05, 4.69) is 77.5 Å². The van der Waals surface area contributed by atoms with Crippen LogP contribution in [0.25, 0.3) is 11.2 Å². The molecule has 2 aromatic heterocycles. The molecule has 0 amide bonds. The monoisotopic (exact) mass is 507 g/mol. The molecule has 7 rings (SSSR count). The van der Waals surface area contributed by atoms with Crippen molar-refractivity contribution in [3.05, 3.63) is 96.9 Å². The van der Waals surface area contributed by atoms with Crippen molar-refractivity contribution in [2.75, 3.05) is 27.2 Å². The first-order chi connectivity index (χ1) is 17.3. The number of fused-ring (bicyclic) bond motifs is 2. The second-order valence-corrected chi connectivity index (χ2v) is 10.0. The number of halogens is 1. The average molecular weight is 508 g/mol. The highest BCUT2D eigenvalue weighted by atomic mass is 35.5. The first-order valence-electron chi connectivity index (χ1n) is 12.0. The Kier molecular flexibility index (Phi) is 6.59. The van der Waals surface area contributed by atoms with Crippen molar-refractivity contribution in [3.8, 4) is 0 Å². The van der Waals surface area contributed by atoms with Crippen LogP contribution in [0.2, 0.25) is 5.28 Å². The Balaban J connectivity index is 0.000000165. The highest BCUT2D eigenvalue weighted by molar-refractivity contribution is 6.28. The van der Waals surface area contributed by atoms with Crippen molar-refractivity contribution in [1.29, 1.82) is 0 Å². The summed E-state index contributed by atoms with van der Waals surface area (Å²) in [6.07, 6.45) is 1.43. The number of nitrogens with one attached hydrogen (secondary N) is 1. The van der Waals surface area contributed by atoms with E-state index in [0.29, 0.717) is 17.9 Å². The average Bonchev–Trinajstić information content (AvgIpc) is 3.28. The van der Waals surface area contributed by atoms with Crippen LogP contribution in [0.15, 0.2) is 58.1 Å². The fraction of sp³-hybridized carbons (Fsp3) is 0.370. The van der Waals surface area contributed by atoms with E-state index in [1.165, 1.54) is 40.9 Å². The van der Waals surface area contributed by atoms with Gasteiger partial charge in [-0.1, -0.05) is 48.5 Å². The lowest BCUT2D eigenvalue weighted by Crippen LogP contribution is -2.38. The molecule has 0 radical (unpaired) electrons. The van der Waals surface area contributed by atoms with E-state index in [4.69, 9.17) is 16.3 Å². The summed E-state index contributed by atoms with van der Waals surface area (Å²) >= 11 is 5.60. The number of aryl methyl sites for hydroxylation is 1. The van der Waals surface area contributed by atoms with Crippen LogP contribution in [0.5, 0.6) is 0 Å². The fourth-order valence-corrected chi connectivity index (χ4v) is 5.60. The summed E-state index contributed by atoms with van der Waals surface area (Å²) in [6.45, 7) is 1.79. The molecule has 2 aromatic carbocycles. The Morgan fingerprint density at radius 1 is 1.00 bits per heavy atom. The topological polar surface area (TPSA) is 85.2 Å². The highest BCUT2D eigenvalue weighted by Gasteiger charge is 2.43. The summed E-state index contributed by atoms with van der Waals surface area (Å²) in [7, 11) is 7.13. The van der Waals surface area contributed by atoms with Gasteiger partial charge in [-0.15, -0.1) is 0 Å². The quantitative estimate of drug-likeness (QED) is 0.429. The fourth-order valence-electron chi connectivity index (χ4n) is 5.43. The second kappa shape index (κ2) is 9.69. The Morgan fingerprint density at radius 2 is 1.58 bits per heavy atom. The lowest BCUT2D eigenvalue weighted by Gasteiger charge is -2.45. The molecule has 0 saturated heterocycles. The van der Waals surface area contributed by atoms with Gasteiger partial charge in [0.15, 0.2) is 11.2 Å². The van der Waals surface area contributed by atoms with Crippen molar-refractivity contribution in [2.24, 2.45) is 14.1 Å². The van der Waals surface area contributed by atoms with E-state index in [0.717, 1.165) is 24.1 Å². The van der Waals surface area contributed by atoms with Gasteiger partial charge in [-0.25, -0.2) is 4.79 Å². The molecule has 1 atom stereocenters. The Hall–Kier alpha value is -3.20. The predicted molar refractivity (Wildman–Crippen MR) is 141 cm³/mol. The van der Waals surface area contributed by atoms with Gasteiger partial charge in [-0.3, -0.25) is 13.9 Å². The highest BCUT2D eigenvalue weighted by Crippen LogP contribution is 2.53. The lowest BCUT2D eigenvalue weighted by atomic mass is 9.62. The third kappa shape index (κ3) is 4.19. The van der Waals surface area contributed by atoms with E-state index >= 15 is 0 Å². The van der Waals surface area contributed by atoms with Crippen LogP contribution in [0, 0.1) is 0 Å². The molecule has 0 aliphatic heterocycles. The molecule has 188 valence electrons. The number of aromatic nitrogens is 4. The van der Waals surface area contributed by atoms with Gasteiger partial charge in [-0.05, 0) is 54.4 Å². The minimum Gasteiger partial charge on any atom is -0.376 e. The lowest BCUT2D eigenvalue weighted by molar-refractivity contribution is 0.0168. The number of hydrogen-bond donors (Lipinski definition) is 1. The zero-order chi connectivity index (χ0) is 25.6. The number of hydrogen-bond acceptors (Lipinski definition) is 5. The van der Waals surface area contributed by atoms with Crippen LogP contribution in [-0.2, 0) is 18.8 Å². The summed E-state index contributed by atoms with van der Waals surface area (Å²) in [5, 5.41) is 0.0956. The number of likely N-dealkylation sites (N-methyl/N-ethyl adjacent to an activating group) is 1. The molecule has 2 heterocycles. The minimum absolute atomic E-state index is 0.0956. The number of aromatic amines is 1. The normalized spacial score (nSPS) is 19.7. The zero-order valence-electron chi connectivity index (χ0n) is 20.9. The van der Waals surface area contributed by atoms with Gasteiger partial charge >= 0.3 is 5.69 Å². The molecular formula is C27H30ClN5O3. The SMILES string of the molecule is CN(C)CCOC1CC2c3ccccc3C1c1ccccc12.Cn1c(=O)c2[nH]c(Cl)nc2n(C)c1=O. The molecule has 36 heavy (non-hydrogen) atoms. The van der Waals surface area contributed by atoms with E-state index < -0.39 is 11.2 Å². The molecule has 0 saturated carbocycles. The maximum Gasteiger partial charge on any atom is 0.332 e. The van der Waals surface area contributed by atoms with Gasteiger partial charge in [0.25, 0.3) is 5.56 Å². The molecule has 8 nitrogen and oxygen atoms in total. The molecule has 0 spiro atoms. The van der Waals surface area contributed by atoms with Crippen LogP contribution in [-0.4, -0.2) is 57.4 Å². The molecule has 4 aromatic rings. The number of benzene rings is 2. The standard InChI is InChI=1S/C20H23NO.C7H7ClN4O2/c1-21(2)11-12-22-19-13-18-14-7-3-5-9-16(14)20(19)17-10-6-4-8-15(17)18;1-11-4-3(9-6(8)10-4)5(13)12(2)7(11)14/h3-10,18-20H,11-13H2,1-2H3;1-2H3,(H,9,10). The molecule has 9 heteroatoms. The number of H-pyrrole nitrogens is 1. The third-order valence-electron chi connectivity index (χ3n) is 7.19. The second-order valence-electron chi connectivity index (χ2n) is 9.67. The number of imidazole rings is 1. The molecule has 1 N–H and O–H groups in total. The Morgan fingerprint density at radius 3 is 2.17 bits per heavy atom. The van der Waals surface area contributed by atoms with Gasteiger partial charge in [0.2, 0.25) is 5.28 Å². The molecule has 2 bridgehead atoms. The molecule has 3 aliphatic carbocycles. The van der Waals surface area contributed by atoms with Gasteiger partial charge < -0.3 is 14.6 Å². The predicted octanol–water partition coefficient (Wildman–Crippen LogP) is 3.23. The van der Waals surface area contributed by atoms with Crippen molar-refractivity contribution >= 4 is 22.8 Å². The molecule has 0 fully saturated rings. The van der Waals surface area contributed by atoms with Crippen LogP contribution in [0.1, 0.15) is 40.5 Å². The zero-order valence-corrected chi connectivity index (χ0v) is 21.6. The van der Waals surface area contributed by atoms with Gasteiger partial charge in [0.1, 0.15) is 0 Å². The van der Waals surface area contributed by atoms with Crippen molar-refractivity contribution in [1.82, 2.24) is 24.0 Å². The third-order valence-corrected chi connectivity index (χ3v) is 7.37. The van der Waals surface area contributed by atoms with E-state index in [1.54, 1.807) is 0 Å². The van der Waals surface area contributed by atoms with Gasteiger partial charge in [0.05, 0.1) is 12.7 Å². The van der Waals surface area contributed by atoms with Crippen LogP contribution in [0.3, 0.4) is 0 Å². The Bertz CT molecular complexity index is 1490. The number of rotatable bonds is 4. The number of nitrogens with zero attached hydrogens (tertiary/aromatic N) is 4. The Labute approximate surface area is 214 Å². The molecule has 3 aliphatic rings. The van der Waals surface area contributed by atoms with E-state index in [9.17, 15) is 9.59 Å². The van der Waals surface area contributed by atoms with Gasteiger partial charge in [-0.2, -0.15) is 4.98 Å². The summed E-state index contributed by atoms with van der Waals surface area (Å²) in [5.74, 6) is 0.904. The minimum atomic E-state index is -0.428. The van der Waals surface area contributed by atoms with Crippen LogP contribution in [0.4, 0.5) is 0 Å². The van der Waals surface area contributed by atoms with Crippen LogP contribution >= 0.6 is 11.6 Å². The molecule has 1 unspecified atom stereocenters. The first-order valence-corrected chi connectivity index (χ1v) is 12.4. The summed E-state index contributed by atoms with van der Waals surface area (Å²) in [6, 6.07) is 17.9. The smallest absolute Gasteiger partial charge is 0.332 e. The van der Waals surface area contributed by atoms with Crippen LogP contribution < -0.4 is 11.2 Å². The number of ether oxygens (including phenoxy) is 1. The summed E-state index contributed by atoms with van der Waals surface area (Å²) < 4.78 is 8.56. The van der Waals surface area contributed by atoms with E-state index in [1.807, 2.05) is 0 Å². The summed E-state index contributed by atoms with van der Waals surface area (Å²) in [5.41, 5.74) is 5.63. The van der Waals surface area contributed by atoms with Crippen molar-refractivity contribution in [3.63, 3.8) is 0 Å². The molecular weight excluding hydrogens is 478 g/mol. The summed E-state index contributed by atoms with van der Waals surface area (Å²) in [4.78, 5) is 31.6. The van der Waals surface area contributed by atoms with E-state index in [-0.39, 0.29) is 16.4 Å². The maximum absolute atomic E-state index is 11.5.